The lowest BCUT2D eigenvalue weighted by Gasteiger charge is -2.30. The summed E-state index contributed by atoms with van der Waals surface area (Å²) in [5.41, 5.74) is -0.459. The number of carbonyl (C=O) groups is 1. The molecule has 1 fully saturated rings. The Morgan fingerprint density at radius 2 is 2.19 bits per heavy atom. The largest absolute Gasteiger partial charge is 0.344 e. The SMILES string of the molecule is CNC(C)(C)C(=O)N(C)CC1CCN(C)C1. The summed E-state index contributed by atoms with van der Waals surface area (Å²) in [7, 11) is 5.87. The standard InChI is InChI=1S/C12H25N3O/c1-12(2,13-3)11(16)15(5)9-10-6-7-14(4)8-10/h10,13H,6-9H2,1-5H3. The van der Waals surface area contributed by atoms with Gasteiger partial charge in [-0.25, -0.2) is 0 Å². The number of amides is 1. The average molecular weight is 227 g/mol. The molecule has 0 aromatic carbocycles. The predicted octanol–water partition coefficient (Wildman–Crippen LogP) is 0.395. The Hall–Kier alpha value is -0.610. The lowest BCUT2D eigenvalue weighted by Crippen LogP contribution is -2.52. The van der Waals surface area contributed by atoms with Gasteiger partial charge in [0.2, 0.25) is 5.91 Å². The van der Waals surface area contributed by atoms with Crippen molar-refractivity contribution in [1.29, 1.82) is 0 Å². The third-order valence-corrected chi connectivity index (χ3v) is 3.53. The summed E-state index contributed by atoms with van der Waals surface area (Å²) in [6, 6.07) is 0. The van der Waals surface area contributed by atoms with Gasteiger partial charge in [0.15, 0.2) is 0 Å². The molecule has 0 aromatic rings. The number of likely N-dealkylation sites (tertiary alicyclic amines) is 1. The molecule has 1 saturated heterocycles. The molecule has 94 valence electrons. The molecule has 0 bridgehead atoms. The van der Waals surface area contributed by atoms with Crippen molar-refractivity contribution in [1.82, 2.24) is 15.1 Å². The van der Waals surface area contributed by atoms with Crippen molar-refractivity contribution in [2.24, 2.45) is 5.92 Å². The third kappa shape index (κ3) is 3.19. The van der Waals surface area contributed by atoms with E-state index in [4.69, 9.17) is 0 Å². The van der Waals surface area contributed by atoms with E-state index in [2.05, 4.69) is 17.3 Å². The normalized spacial score (nSPS) is 22.4. The number of likely N-dealkylation sites (N-methyl/N-ethyl adjacent to an activating group) is 2. The smallest absolute Gasteiger partial charge is 0.242 e. The van der Waals surface area contributed by atoms with Crippen molar-refractivity contribution in [3.05, 3.63) is 0 Å². The monoisotopic (exact) mass is 227 g/mol. The highest BCUT2D eigenvalue weighted by atomic mass is 16.2. The van der Waals surface area contributed by atoms with Crippen LogP contribution in [-0.4, -0.2) is 62.0 Å². The van der Waals surface area contributed by atoms with E-state index in [0.717, 1.165) is 19.6 Å². The van der Waals surface area contributed by atoms with Crippen LogP contribution in [0.1, 0.15) is 20.3 Å². The van der Waals surface area contributed by atoms with Crippen LogP contribution in [0.5, 0.6) is 0 Å². The van der Waals surface area contributed by atoms with Gasteiger partial charge in [-0.05, 0) is 46.8 Å². The summed E-state index contributed by atoms with van der Waals surface area (Å²) in [6.45, 7) is 6.98. The van der Waals surface area contributed by atoms with E-state index in [0.29, 0.717) is 5.92 Å². The van der Waals surface area contributed by atoms with Gasteiger partial charge in [-0.1, -0.05) is 0 Å². The van der Waals surface area contributed by atoms with E-state index in [1.165, 1.54) is 6.42 Å². The van der Waals surface area contributed by atoms with E-state index in [9.17, 15) is 4.79 Å². The molecule has 1 amide bonds. The van der Waals surface area contributed by atoms with Crippen LogP contribution in [0.3, 0.4) is 0 Å². The zero-order chi connectivity index (χ0) is 12.3. The Morgan fingerprint density at radius 3 is 2.62 bits per heavy atom. The summed E-state index contributed by atoms with van der Waals surface area (Å²) in [6.07, 6.45) is 1.20. The Labute approximate surface area is 99.0 Å². The molecule has 1 N–H and O–H groups in total. The fourth-order valence-corrected chi connectivity index (χ4v) is 2.23. The molecular weight excluding hydrogens is 202 g/mol. The first-order valence-electron chi connectivity index (χ1n) is 6.00. The molecule has 0 aromatic heterocycles. The summed E-state index contributed by atoms with van der Waals surface area (Å²) in [5, 5.41) is 3.05. The maximum atomic E-state index is 12.1. The second kappa shape index (κ2) is 5.15. The van der Waals surface area contributed by atoms with E-state index in [1.807, 2.05) is 32.8 Å². The van der Waals surface area contributed by atoms with Gasteiger partial charge in [-0.2, -0.15) is 0 Å². The van der Waals surface area contributed by atoms with Crippen LogP contribution in [0.25, 0.3) is 0 Å². The maximum Gasteiger partial charge on any atom is 0.242 e. The van der Waals surface area contributed by atoms with Gasteiger partial charge in [0.05, 0.1) is 5.54 Å². The van der Waals surface area contributed by atoms with Crippen molar-refractivity contribution < 1.29 is 4.79 Å². The van der Waals surface area contributed by atoms with Crippen LogP contribution in [0.4, 0.5) is 0 Å². The summed E-state index contributed by atoms with van der Waals surface area (Å²) < 4.78 is 0. The van der Waals surface area contributed by atoms with Gasteiger partial charge in [0.1, 0.15) is 0 Å². The van der Waals surface area contributed by atoms with Crippen LogP contribution in [0.2, 0.25) is 0 Å². The highest BCUT2D eigenvalue weighted by Crippen LogP contribution is 2.16. The highest BCUT2D eigenvalue weighted by Gasteiger charge is 2.30. The molecule has 16 heavy (non-hydrogen) atoms. The number of hydrogen-bond donors (Lipinski definition) is 1. The zero-order valence-corrected chi connectivity index (χ0v) is 11.2. The number of rotatable bonds is 4. The molecule has 1 aliphatic rings. The molecule has 1 heterocycles. The lowest BCUT2D eigenvalue weighted by molar-refractivity contribution is -0.136. The number of nitrogens with zero attached hydrogens (tertiary/aromatic N) is 2. The molecule has 0 radical (unpaired) electrons. The number of nitrogens with one attached hydrogen (secondary N) is 1. The van der Waals surface area contributed by atoms with Crippen LogP contribution in [0.15, 0.2) is 0 Å². The van der Waals surface area contributed by atoms with E-state index in [1.54, 1.807) is 0 Å². The molecule has 1 rings (SSSR count). The van der Waals surface area contributed by atoms with Gasteiger partial charge < -0.3 is 15.1 Å². The molecule has 0 saturated carbocycles. The molecule has 4 heteroatoms. The van der Waals surface area contributed by atoms with Gasteiger partial charge in [0.25, 0.3) is 0 Å². The van der Waals surface area contributed by atoms with Crippen molar-refractivity contribution in [2.45, 2.75) is 25.8 Å². The average Bonchev–Trinajstić information content (AvgIpc) is 2.62. The van der Waals surface area contributed by atoms with E-state index >= 15 is 0 Å². The maximum absolute atomic E-state index is 12.1. The second-order valence-electron chi connectivity index (χ2n) is 5.48. The Morgan fingerprint density at radius 1 is 1.56 bits per heavy atom. The topological polar surface area (TPSA) is 35.6 Å². The second-order valence-corrected chi connectivity index (χ2v) is 5.48. The Bertz CT molecular complexity index is 253. The Balaban J connectivity index is 2.46. The van der Waals surface area contributed by atoms with Gasteiger partial charge >= 0.3 is 0 Å². The first kappa shape index (κ1) is 13.5. The van der Waals surface area contributed by atoms with Crippen molar-refractivity contribution in [3.63, 3.8) is 0 Å². The third-order valence-electron chi connectivity index (χ3n) is 3.53. The van der Waals surface area contributed by atoms with Gasteiger partial charge in [0, 0.05) is 20.1 Å². The minimum atomic E-state index is -0.459. The molecule has 1 aliphatic heterocycles. The number of hydrogen-bond acceptors (Lipinski definition) is 3. The fraction of sp³-hybridized carbons (Fsp3) is 0.917. The molecule has 0 aliphatic carbocycles. The quantitative estimate of drug-likeness (QED) is 0.755. The van der Waals surface area contributed by atoms with Gasteiger partial charge in [-0.15, -0.1) is 0 Å². The summed E-state index contributed by atoms with van der Waals surface area (Å²) >= 11 is 0. The summed E-state index contributed by atoms with van der Waals surface area (Å²) in [4.78, 5) is 16.3. The molecule has 4 nitrogen and oxygen atoms in total. The molecular formula is C12H25N3O. The first-order valence-corrected chi connectivity index (χ1v) is 6.00. The van der Waals surface area contributed by atoms with E-state index < -0.39 is 5.54 Å². The first-order chi connectivity index (χ1) is 7.36. The minimum Gasteiger partial charge on any atom is -0.344 e. The highest BCUT2D eigenvalue weighted by molar-refractivity contribution is 5.85. The predicted molar refractivity (Wildman–Crippen MR) is 66.4 cm³/mol. The Kier molecular flexibility index (Phi) is 4.33. The number of carbonyl (C=O) groups excluding carboxylic acids is 1. The summed E-state index contributed by atoms with van der Waals surface area (Å²) in [5.74, 6) is 0.802. The lowest BCUT2D eigenvalue weighted by atomic mass is 10.0. The van der Waals surface area contributed by atoms with Crippen molar-refractivity contribution >= 4 is 5.91 Å². The molecule has 1 atom stereocenters. The van der Waals surface area contributed by atoms with Gasteiger partial charge in [-0.3, -0.25) is 4.79 Å². The molecule has 1 unspecified atom stereocenters. The van der Waals surface area contributed by atoms with E-state index in [-0.39, 0.29) is 5.91 Å². The van der Waals surface area contributed by atoms with Crippen LogP contribution < -0.4 is 5.32 Å². The fourth-order valence-electron chi connectivity index (χ4n) is 2.23. The minimum absolute atomic E-state index is 0.171. The van der Waals surface area contributed by atoms with Crippen molar-refractivity contribution in [3.8, 4) is 0 Å². The van der Waals surface area contributed by atoms with Crippen molar-refractivity contribution in [2.75, 3.05) is 40.8 Å². The zero-order valence-electron chi connectivity index (χ0n) is 11.2. The van der Waals surface area contributed by atoms with Crippen LogP contribution in [-0.2, 0) is 4.79 Å². The van der Waals surface area contributed by atoms with Crippen LogP contribution >= 0.6 is 0 Å². The molecule has 0 spiro atoms. The van der Waals surface area contributed by atoms with Crippen LogP contribution in [0, 0.1) is 5.92 Å².